The number of benzene rings is 2. The summed E-state index contributed by atoms with van der Waals surface area (Å²) in [6, 6.07) is 17.5. The average Bonchev–Trinajstić information content (AvgIpc) is 2.54. The predicted molar refractivity (Wildman–Crippen MR) is 83.4 cm³/mol. The number of carbonyl (C=O) groups excluding carboxylic acids is 2. The fourth-order valence-corrected chi connectivity index (χ4v) is 2.72. The molecule has 0 fully saturated rings. The summed E-state index contributed by atoms with van der Waals surface area (Å²) in [4.78, 5) is 24.1. The molecule has 4 heteroatoms. The first kappa shape index (κ1) is 15.3. The highest BCUT2D eigenvalue weighted by molar-refractivity contribution is 7.98. The molecule has 2 rings (SSSR count). The van der Waals surface area contributed by atoms with Crippen molar-refractivity contribution in [1.82, 2.24) is 0 Å². The highest BCUT2D eigenvalue weighted by Crippen LogP contribution is 2.24. The number of thioether (sulfide) groups is 1. The summed E-state index contributed by atoms with van der Waals surface area (Å²) < 4.78 is 4.51. The predicted octanol–water partition coefficient (Wildman–Crippen LogP) is 3.72. The van der Waals surface area contributed by atoms with Crippen molar-refractivity contribution in [2.45, 2.75) is 17.1 Å². The second kappa shape index (κ2) is 7.64. The van der Waals surface area contributed by atoms with Crippen molar-refractivity contribution in [1.29, 1.82) is 0 Å². The standard InChI is InChI=1S/C17H16O3S/c1-20-17(19)11-16(18)14-8-5-9-15(10-14)21-12-13-6-3-2-4-7-13/h2-10H,11-12H2,1H3. The molecule has 2 aromatic carbocycles. The second-order valence-electron chi connectivity index (χ2n) is 4.48. The van der Waals surface area contributed by atoms with Crippen molar-refractivity contribution in [2.24, 2.45) is 0 Å². The Balaban J connectivity index is 2.00. The van der Waals surface area contributed by atoms with Crippen LogP contribution < -0.4 is 0 Å². The van der Waals surface area contributed by atoms with Gasteiger partial charge in [-0.1, -0.05) is 42.5 Å². The van der Waals surface area contributed by atoms with Crippen molar-refractivity contribution in [3.63, 3.8) is 0 Å². The van der Waals surface area contributed by atoms with Gasteiger partial charge in [0.05, 0.1) is 7.11 Å². The van der Waals surface area contributed by atoms with E-state index in [4.69, 9.17) is 0 Å². The Kier molecular flexibility index (Phi) is 5.58. The zero-order chi connectivity index (χ0) is 15.1. The zero-order valence-electron chi connectivity index (χ0n) is 11.7. The van der Waals surface area contributed by atoms with Crippen LogP contribution in [0.2, 0.25) is 0 Å². The number of Topliss-reactive ketones (excluding diaryl/α,β-unsaturated/α-hetero) is 1. The van der Waals surface area contributed by atoms with Crippen molar-refractivity contribution >= 4 is 23.5 Å². The van der Waals surface area contributed by atoms with Crippen LogP contribution in [0.5, 0.6) is 0 Å². The van der Waals surface area contributed by atoms with Crippen molar-refractivity contribution < 1.29 is 14.3 Å². The van der Waals surface area contributed by atoms with Gasteiger partial charge in [-0.05, 0) is 17.7 Å². The van der Waals surface area contributed by atoms with Crippen LogP contribution in [0.4, 0.5) is 0 Å². The molecule has 0 spiro atoms. The Morgan fingerprint density at radius 2 is 1.81 bits per heavy atom. The number of hydrogen-bond donors (Lipinski definition) is 0. The summed E-state index contributed by atoms with van der Waals surface area (Å²) >= 11 is 1.66. The van der Waals surface area contributed by atoms with E-state index in [1.165, 1.54) is 12.7 Å². The third-order valence-corrected chi connectivity index (χ3v) is 4.00. The van der Waals surface area contributed by atoms with E-state index >= 15 is 0 Å². The van der Waals surface area contributed by atoms with E-state index in [0.29, 0.717) is 5.56 Å². The molecular formula is C17H16O3S. The van der Waals surface area contributed by atoms with E-state index in [1.807, 2.05) is 36.4 Å². The Morgan fingerprint density at radius 3 is 2.52 bits per heavy atom. The molecule has 0 bridgehead atoms. The van der Waals surface area contributed by atoms with Gasteiger partial charge in [-0.2, -0.15) is 0 Å². The van der Waals surface area contributed by atoms with Gasteiger partial charge in [0.1, 0.15) is 6.42 Å². The highest BCUT2D eigenvalue weighted by Gasteiger charge is 2.12. The van der Waals surface area contributed by atoms with Crippen LogP contribution >= 0.6 is 11.8 Å². The van der Waals surface area contributed by atoms with E-state index in [1.54, 1.807) is 17.8 Å². The highest BCUT2D eigenvalue weighted by atomic mass is 32.2. The van der Waals surface area contributed by atoms with Crippen LogP contribution in [0.1, 0.15) is 22.3 Å². The summed E-state index contributed by atoms with van der Waals surface area (Å²) in [6.45, 7) is 0. The maximum absolute atomic E-state index is 11.9. The number of ether oxygens (including phenoxy) is 1. The van der Waals surface area contributed by atoms with E-state index in [2.05, 4.69) is 16.9 Å². The van der Waals surface area contributed by atoms with Gasteiger partial charge in [0.25, 0.3) is 0 Å². The normalized spacial score (nSPS) is 10.1. The van der Waals surface area contributed by atoms with E-state index in [9.17, 15) is 9.59 Å². The number of methoxy groups -OCH3 is 1. The minimum atomic E-state index is -0.512. The fraction of sp³-hybridized carbons (Fsp3) is 0.176. The summed E-state index contributed by atoms with van der Waals surface area (Å²) in [5.41, 5.74) is 1.77. The smallest absolute Gasteiger partial charge is 0.313 e. The third kappa shape index (κ3) is 4.76. The average molecular weight is 300 g/mol. The largest absolute Gasteiger partial charge is 0.469 e. The Bertz CT molecular complexity index is 623. The van der Waals surface area contributed by atoms with Gasteiger partial charge >= 0.3 is 5.97 Å². The lowest BCUT2D eigenvalue weighted by Crippen LogP contribution is -2.09. The fourth-order valence-electron chi connectivity index (χ4n) is 1.81. The first-order valence-corrected chi connectivity index (χ1v) is 7.54. The van der Waals surface area contributed by atoms with Crippen molar-refractivity contribution in [3.8, 4) is 0 Å². The molecule has 0 saturated carbocycles. The topological polar surface area (TPSA) is 43.4 Å². The van der Waals surface area contributed by atoms with Gasteiger partial charge in [-0.3, -0.25) is 9.59 Å². The van der Waals surface area contributed by atoms with Crippen LogP contribution in [0, 0.1) is 0 Å². The molecule has 0 atom stereocenters. The lowest BCUT2D eigenvalue weighted by atomic mass is 10.1. The van der Waals surface area contributed by atoms with Crippen molar-refractivity contribution in [2.75, 3.05) is 7.11 Å². The minimum Gasteiger partial charge on any atom is -0.469 e. The van der Waals surface area contributed by atoms with E-state index in [0.717, 1.165) is 10.6 Å². The summed E-state index contributed by atoms with van der Waals surface area (Å²) in [5.74, 6) is 0.113. The van der Waals surface area contributed by atoms with Crippen LogP contribution in [0.25, 0.3) is 0 Å². The zero-order valence-corrected chi connectivity index (χ0v) is 12.6. The van der Waals surface area contributed by atoms with Crippen LogP contribution in [0.3, 0.4) is 0 Å². The lowest BCUT2D eigenvalue weighted by molar-refractivity contribution is -0.139. The summed E-state index contributed by atoms with van der Waals surface area (Å²) in [5, 5.41) is 0. The van der Waals surface area contributed by atoms with E-state index < -0.39 is 5.97 Å². The second-order valence-corrected chi connectivity index (χ2v) is 5.53. The summed E-state index contributed by atoms with van der Waals surface area (Å²) in [6.07, 6.45) is -0.219. The first-order valence-electron chi connectivity index (χ1n) is 6.56. The molecule has 0 aliphatic heterocycles. The SMILES string of the molecule is COC(=O)CC(=O)c1cccc(SCc2ccccc2)c1. The number of rotatable bonds is 6. The quantitative estimate of drug-likeness (QED) is 0.353. The van der Waals surface area contributed by atoms with Gasteiger partial charge in [-0.15, -0.1) is 11.8 Å². The molecule has 0 radical (unpaired) electrons. The molecule has 0 saturated heterocycles. The van der Waals surface area contributed by atoms with Gasteiger partial charge in [-0.25, -0.2) is 0 Å². The van der Waals surface area contributed by atoms with Crippen molar-refractivity contribution in [3.05, 3.63) is 65.7 Å². The van der Waals surface area contributed by atoms with Crippen LogP contribution in [-0.2, 0) is 15.3 Å². The maximum Gasteiger partial charge on any atom is 0.313 e. The molecule has 0 N–H and O–H groups in total. The minimum absolute atomic E-state index is 0.219. The number of ketones is 1. The Morgan fingerprint density at radius 1 is 1.05 bits per heavy atom. The summed E-state index contributed by atoms with van der Waals surface area (Å²) in [7, 11) is 1.28. The van der Waals surface area contributed by atoms with Gasteiger partial charge < -0.3 is 4.74 Å². The monoisotopic (exact) mass is 300 g/mol. The third-order valence-electron chi connectivity index (χ3n) is 2.94. The molecule has 0 amide bonds. The molecular weight excluding hydrogens is 284 g/mol. The van der Waals surface area contributed by atoms with Gasteiger partial charge in [0, 0.05) is 16.2 Å². The van der Waals surface area contributed by atoms with Gasteiger partial charge in [0.2, 0.25) is 0 Å². The van der Waals surface area contributed by atoms with Crippen LogP contribution in [0.15, 0.2) is 59.5 Å². The number of esters is 1. The molecule has 0 aliphatic rings. The maximum atomic E-state index is 11.9. The van der Waals surface area contributed by atoms with Crippen LogP contribution in [-0.4, -0.2) is 18.9 Å². The first-order chi connectivity index (χ1) is 10.2. The number of hydrogen-bond acceptors (Lipinski definition) is 4. The van der Waals surface area contributed by atoms with E-state index in [-0.39, 0.29) is 12.2 Å². The lowest BCUT2D eigenvalue weighted by Gasteiger charge is -2.05. The molecule has 21 heavy (non-hydrogen) atoms. The molecule has 2 aromatic rings. The van der Waals surface area contributed by atoms with Gasteiger partial charge in [0.15, 0.2) is 5.78 Å². The Hall–Kier alpha value is -2.07. The molecule has 108 valence electrons. The molecule has 0 aromatic heterocycles. The molecule has 0 unspecified atom stereocenters. The molecule has 3 nitrogen and oxygen atoms in total. The molecule has 0 heterocycles. The molecule has 0 aliphatic carbocycles. The Labute approximate surface area is 128 Å². The number of carbonyl (C=O) groups is 2.